The Balaban J connectivity index is 1.27. The molecule has 1 N–H and O–H groups in total. The first-order chi connectivity index (χ1) is 17.3. The van der Waals surface area contributed by atoms with E-state index in [1.165, 1.54) is 5.56 Å². The number of hydrogen-bond acceptors (Lipinski definition) is 4. The van der Waals surface area contributed by atoms with Gasteiger partial charge in [-0.25, -0.2) is 4.68 Å². The van der Waals surface area contributed by atoms with Gasteiger partial charge in [0.05, 0.1) is 11.4 Å². The van der Waals surface area contributed by atoms with E-state index in [0.717, 1.165) is 73.4 Å². The molecule has 0 spiro atoms. The predicted octanol–water partition coefficient (Wildman–Crippen LogP) is 4.23. The molecule has 1 aliphatic rings. The lowest BCUT2D eigenvalue weighted by Gasteiger charge is -2.34. The number of fused-ring (bicyclic) bond motifs is 3. The van der Waals surface area contributed by atoms with E-state index in [9.17, 15) is 4.79 Å². The first kappa shape index (κ1) is 21.8. The van der Waals surface area contributed by atoms with E-state index in [4.69, 9.17) is 5.10 Å². The molecular formula is C29H29N5O. The Labute approximate surface area is 204 Å². The van der Waals surface area contributed by atoms with Crippen molar-refractivity contribution in [3.63, 3.8) is 0 Å². The molecule has 0 radical (unpaired) electrons. The molecule has 0 bridgehead atoms. The summed E-state index contributed by atoms with van der Waals surface area (Å²) in [6.45, 7) is 6.17. The fourth-order valence-corrected chi connectivity index (χ4v) is 5.18. The van der Waals surface area contributed by atoms with Gasteiger partial charge in [-0.05, 0) is 23.8 Å². The lowest BCUT2D eigenvalue weighted by Crippen LogP contribution is -2.46. The van der Waals surface area contributed by atoms with Gasteiger partial charge in [-0.2, -0.15) is 5.10 Å². The lowest BCUT2D eigenvalue weighted by atomic mass is 10.1. The van der Waals surface area contributed by atoms with Crippen molar-refractivity contribution in [2.24, 2.45) is 0 Å². The fourth-order valence-electron chi connectivity index (χ4n) is 5.18. The number of para-hydroxylation sites is 2. The zero-order valence-electron chi connectivity index (χ0n) is 19.7. The largest absolute Gasteiger partial charge is 0.320 e. The summed E-state index contributed by atoms with van der Waals surface area (Å²) in [6.07, 6.45) is 0.831. The molecular weight excluding hydrogens is 434 g/mol. The summed E-state index contributed by atoms with van der Waals surface area (Å²) in [4.78, 5) is 21.0. The zero-order valence-corrected chi connectivity index (χ0v) is 19.7. The number of hydrogen-bond donors (Lipinski definition) is 1. The second kappa shape index (κ2) is 9.49. The number of nitrogens with one attached hydrogen (secondary N) is 1. The Morgan fingerprint density at radius 2 is 1.43 bits per heavy atom. The first-order valence-corrected chi connectivity index (χ1v) is 12.3. The third kappa shape index (κ3) is 4.38. The summed E-state index contributed by atoms with van der Waals surface area (Å²) in [6, 6.07) is 28.9. The van der Waals surface area contributed by atoms with Gasteiger partial charge in [0.2, 0.25) is 0 Å². The van der Waals surface area contributed by atoms with Crippen molar-refractivity contribution in [3.8, 4) is 5.69 Å². The Morgan fingerprint density at radius 3 is 2.20 bits per heavy atom. The van der Waals surface area contributed by atoms with Gasteiger partial charge in [-0.1, -0.05) is 66.7 Å². The molecule has 6 nitrogen and oxygen atoms in total. The Kier molecular flexibility index (Phi) is 5.90. The number of H-pyrrole nitrogens is 1. The van der Waals surface area contributed by atoms with Crippen LogP contribution in [0.3, 0.4) is 0 Å². The minimum atomic E-state index is -0.135. The molecule has 6 heteroatoms. The molecule has 0 atom stereocenters. The van der Waals surface area contributed by atoms with Crippen LogP contribution in [0.5, 0.6) is 0 Å². The smallest absolute Gasteiger partial charge is 0.276 e. The van der Waals surface area contributed by atoms with Gasteiger partial charge in [0, 0.05) is 62.0 Å². The molecule has 0 unspecified atom stereocenters. The van der Waals surface area contributed by atoms with Crippen LogP contribution in [0.15, 0.2) is 89.7 Å². The SMILES string of the molecule is O=c1[nH]c2ccccc2c2c(CCN3CCN(Cc4ccccc4)CC3)n(-c3ccccc3)nc12. The monoisotopic (exact) mass is 463 g/mol. The second-order valence-electron chi connectivity index (χ2n) is 9.27. The normalized spacial score (nSPS) is 15.2. The van der Waals surface area contributed by atoms with E-state index in [0.29, 0.717) is 5.52 Å². The number of benzene rings is 3. The molecule has 6 rings (SSSR count). The summed E-state index contributed by atoms with van der Waals surface area (Å²) in [7, 11) is 0. The van der Waals surface area contributed by atoms with Crippen molar-refractivity contribution < 1.29 is 0 Å². The van der Waals surface area contributed by atoms with Crippen molar-refractivity contribution in [1.82, 2.24) is 24.6 Å². The van der Waals surface area contributed by atoms with Gasteiger partial charge >= 0.3 is 0 Å². The minimum Gasteiger partial charge on any atom is -0.320 e. The van der Waals surface area contributed by atoms with E-state index in [1.807, 2.05) is 53.2 Å². The standard InChI is InChI=1S/C29H29N5O/c35-29-28-27(24-13-7-8-14-25(24)30-29)26(34(31-28)23-11-5-2-6-12-23)15-16-32-17-19-33(20-18-32)21-22-9-3-1-4-10-22/h1-14H,15-21H2,(H,30,35). The Morgan fingerprint density at radius 1 is 0.771 bits per heavy atom. The quantitative estimate of drug-likeness (QED) is 0.410. The number of nitrogens with zero attached hydrogens (tertiary/aromatic N) is 4. The number of pyridine rings is 1. The summed E-state index contributed by atoms with van der Waals surface area (Å²) in [5, 5.41) is 6.82. The van der Waals surface area contributed by atoms with Gasteiger partial charge in [-0.3, -0.25) is 9.69 Å². The fraction of sp³-hybridized carbons (Fsp3) is 0.241. The average Bonchev–Trinajstić information content (AvgIpc) is 3.30. The Bertz CT molecular complexity index is 1500. The van der Waals surface area contributed by atoms with E-state index >= 15 is 0 Å². The highest BCUT2D eigenvalue weighted by molar-refractivity contribution is 6.05. The van der Waals surface area contributed by atoms with E-state index in [1.54, 1.807) is 0 Å². The molecule has 2 aromatic heterocycles. The van der Waals surface area contributed by atoms with Crippen molar-refractivity contribution in [2.75, 3.05) is 32.7 Å². The Hall–Kier alpha value is -3.74. The van der Waals surface area contributed by atoms with Crippen LogP contribution < -0.4 is 5.56 Å². The topological polar surface area (TPSA) is 57.2 Å². The van der Waals surface area contributed by atoms with Crippen molar-refractivity contribution in [1.29, 1.82) is 0 Å². The highest BCUT2D eigenvalue weighted by Gasteiger charge is 2.21. The molecule has 0 aliphatic carbocycles. The number of piperazine rings is 1. The van der Waals surface area contributed by atoms with Gasteiger partial charge < -0.3 is 9.88 Å². The van der Waals surface area contributed by atoms with E-state index in [2.05, 4.69) is 51.2 Å². The molecule has 3 heterocycles. The summed E-state index contributed by atoms with van der Waals surface area (Å²) < 4.78 is 1.97. The van der Waals surface area contributed by atoms with Crippen LogP contribution in [-0.2, 0) is 13.0 Å². The number of aromatic nitrogens is 3. The predicted molar refractivity (Wildman–Crippen MR) is 141 cm³/mol. The van der Waals surface area contributed by atoms with E-state index in [-0.39, 0.29) is 5.56 Å². The zero-order chi connectivity index (χ0) is 23.6. The maximum absolute atomic E-state index is 12.9. The lowest BCUT2D eigenvalue weighted by molar-refractivity contribution is 0.128. The van der Waals surface area contributed by atoms with Crippen LogP contribution in [-0.4, -0.2) is 57.3 Å². The molecule has 0 amide bonds. The first-order valence-electron chi connectivity index (χ1n) is 12.3. The van der Waals surface area contributed by atoms with Crippen molar-refractivity contribution in [3.05, 3.63) is 107 Å². The summed E-state index contributed by atoms with van der Waals surface area (Å²) >= 11 is 0. The molecule has 176 valence electrons. The third-order valence-electron chi connectivity index (χ3n) is 7.02. The molecule has 3 aromatic carbocycles. The second-order valence-corrected chi connectivity index (χ2v) is 9.27. The molecule has 0 saturated carbocycles. The summed E-state index contributed by atoms with van der Waals surface area (Å²) in [5.74, 6) is 0. The molecule has 35 heavy (non-hydrogen) atoms. The average molecular weight is 464 g/mol. The maximum Gasteiger partial charge on any atom is 0.276 e. The number of aromatic amines is 1. The molecule has 1 fully saturated rings. The highest BCUT2D eigenvalue weighted by atomic mass is 16.1. The van der Waals surface area contributed by atoms with Crippen LogP contribution in [0.1, 0.15) is 11.3 Å². The van der Waals surface area contributed by atoms with Crippen LogP contribution in [0.25, 0.3) is 27.5 Å². The van der Waals surface area contributed by atoms with Gasteiger partial charge in [0.15, 0.2) is 5.52 Å². The summed E-state index contributed by atoms with van der Waals surface area (Å²) in [5.41, 5.74) is 4.68. The van der Waals surface area contributed by atoms with E-state index < -0.39 is 0 Å². The van der Waals surface area contributed by atoms with Crippen LogP contribution >= 0.6 is 0 Å². The minimum absolute atomic E-state index is 0.135. The number of rotatable bonds is 6. The van der Waals surface area contributed by atoms with Gasteiger partial charge in [0.25, 0.3) is 5.56 Å². The molecule has 1 aliphatic heterocycles. The van der Waals surface area contributed by atoms with Crippen molar-refractivity contribution >= 4 is 21.8 Å². The van der Waals surface area contributed by atoms with Crippen LogP contribution in [0.2, 0.25) is 0 Å². The highest BCUT2D eigenvalue weighted by Crippen LogP contribution is 2.27. The third-order valence-corrected chi connectivity index (χ3v) is 7.02. The van der Waals surface area contributed by atoms with Crippen LogP contribution in [0.4, 0.5) is 0 Å². The maximum atomic E-state index is 12.9. The van der Waals surface area contributed by atoms with Crippen molar-refractivity contribution in [2.45, 2.75) is 13.0 Å². The van der Waals surface area contributed by atoms with Gasteiger partial charge in [-0.15, -0.1) is 0 Å². The molecule has 1 saturated heterocycles. The van der Waals surface area contributed by atoms with Crippen LogP contribution in [0, 0.1) is 0 Å². The van der Waals surface area contributed by atoms with Gasteiger partial charge in [0.1, 0.15) is 0 Å². The molecule has 5 aromatic rings.